The van der Waals surface area contributed by atoms with E-state index in [0.29, 0.717) is 0 Å². The first kappa shape index (κ1) is 28.7. The summed E-state index contributed by atoms with van der Waals surface area (Å²) in [5, 5.41) is 3.83. The lowest BCUT2D eigenvalue weighted by Gasteiger charge is -2.25. The molecular weight excluding hydrogens is 410 g/mol. The van der Waals surface area contributed by atoms with Gasteiger partial charge in [-0.05, 0) is 59.5 Å². The summed E-state index contributed by atoms with van der Waals surface area (Å²) >= 11 is 0. The summed E-state index contributed by atoms with van der Waals surface area (Å²) in [6.45, 7) is 20.4. The van der Waals surface area contributed by atoms with Gasteiger partial charge >= 0.3 is 0 Å². The van der Waals surface area contributed by atoms with Crippen molar-refractivity contribution in [2.75, 3.05) is 5.90 Å². The van der Waals surface area contributed by atoms with Gasteiger partial charge < -0.3 is 0 Å². The van der Waals surface area contributed by atoms with Gasteiger partial charge in [-0.25, -0.2) is 0 Å². The predicted molar refractivity (Wildman–Crippen MR) is 151 cm³/mol. The molecule has 0 aromatic rings. The molecule has 0 heterocycles. The molecule has 0 saturated carbocycles. The second kappa shape index (κ2) is 19.7. The summed E-state index contributed by atoms with van der Waals surface area (Å²) in [4.78, 5) is 0. The van der Waals surface area contributed by atoms with Crippen molar-refractivity contribution in [3.63, 3.8) is 0 Å². The normalized spacial score (nSPS) is 16.1. The SMILES string of the molecule is C=C/C=C\C(=C/C)P(/C=C/C=C\C=C/C)CP(C(=C)/C=C\C=C/C)C(/C=C\C=C)=C/C. The third-order valence-corrected chi connectivity index (χ3v) is 9.89. The van der Waals surface area contributed by atoms with Crippen LogP contribution in [0.2, 0.25) is 0 Å². The second-order valence-corrected chi connectivity index (χ2v) is 11.1. The Labute approximate surface area is 194 Å². The molecule has 0 aromatic heterocycles. The summed E-state index contributed by atoms with van der Waals surface area (Å²) in [5.41, 5.74) is 0. The lowest BCUT2D eigenvalue weighted by molar-refractivity contribution is 1.66. The van der Waals surface area contributed by atoms with E-state index in [0.717, 1.165) is 5.90 Å². The Morgan fingerprint density at radius 1 is 0.645 bits per heavy atom. The second-order valence-electron chi connectivity index (χ2n) is 6.28. The van der Waals surface area contributed by atoms with Crippen LogP contribution in [-0.4, -0.2) is 5.90 Å². The van der Waals surface area contributed by atoms with Crippen LogP contribution in [0.1, 0.15) is 27.7 Å². The Morgan fingerprint density at radius 3 is 1.74 bits per heavy atom. The maximum absolute atomic E-state index is 4.44. The van der Waals surface area contributed by atoms with Crippen LogP contribution in [0.5, 0.6) is 0 Å². The summed E-state index contributed by atoms with van der Waals surface area (Å²) in [6.07, 6.45) is 35.2. The molecule has 0 nitrogen and oxygen atoms in total. The van der Waals surface area contributed by atoms with E-state index < -0.39 is 15.8 Å². The zero-order chi connectivity index (χ0) is 23.3. The zero-order valence-electron chi connectivity index (χ0n) is 19.6. The molecule has 0 fully saturated rings. The molecule has 2 heteroatoms. The molecular formula is C29H38P2. The van der Waals surface area contributed by atoms with E-state index in [1.165, 1.54) is 15.9 Å². The molecule has 0 N–H and O–H groups in total. The van der Waals surface area contributed by atoms with Gasteiger partial charge in [0.1, 0.15) is 0 Å². The van der Waals surface area contributed by atoms with E-state index in [2.05, 4.69) is 94.1 Å². The summed E-state index contributed by atoms with van der Waals surface area (Å²) < 4.78 is 0. The van der Waals surface area contributed by atoms with Gasteiger partial charge in [-0.3, -0.25) is 0 Å². The van der Waals surface area contributed by atoms with E-state index in [1.807, 2.05) is 62.5 Å². The Hall–Kier alpha value is -2.26. The molecule has 0 aliphatic heterocycles. The highest BCUT2D eigenvalue weighted by molar-refractivity contribution is 7.82. The van der Waals surface area contributed by atoms with Crippen LogP contribution in [0.4, 0.5) is 0 Å². The highest BCUT2D eigenvalue weighted by Crippen LogP contribution is 2.64. The highest BCUT2D eigenvalue weighted by atomic mass is 31.2. The molecule has 2 atom stereocenters. The van der Waals surface area contributed by atoms with Gasteiger partial charge in [0.05, 0.1) is 0 Å². The van der Waals surface area contributed by atoms with Gasteiger partial charge in [0.2, 0.25) is 0 Å². The Bertz CT molecular complexity index is 821. The van der Waals surface area contributed by atoms with Crippen LogP contribution >= 0.6 is 15.8 Å². The predicted octanol–water partition coefficient (Wildman–Crippen LogP) is 10.5. The van der Waals surface area contributed by atoms with E-state index in [-0.39, 0.29) is 0 Å². The van der Waals surface area contributed by atoms with Crippen LogP contribution in [0.25, 0.3) is 0 Å². The number of hydrogen-bond donors (Lipinski definition) is 0. The molecule has 0 radical (unpaired) electrons. The molecule has 0 aliphatic rings. The number of allylic oxidation sites excluding steroid dienone is 20. The quantitative estimate of drug-likeness (QED) is 0.183. The molecule has 2 unspecified atom stereocenters. The molecule has 31 heavy (non-hydrogen) atoms. The lowest BCUT2D eigenvalue weighted by atomic mass is 10.4. The fourth-order valence-electron chi connectivity index (χ4n) is 2.50. The molecule has 0 spiro atoms. The molecule has 0 bridgehead atoms. The Balaban J connectivity index is 6.20. The van der Waals surface area contributed by atoms with E-state index in [1.54, 1.807) is 0 Å². The topological polar surface area (TPSA) is 0 Å². The van der Waals surface area contributed by atoms with Crippen molar-refractivity contribution in [3.8, 4) is 0 Å². The van der Waals surface area contributed by atoms with Crippen molar-refractivity contribution in [2.24, 2.45) is 0 Å². The van der Waals surface area contributed by atoms with E-state index in [4.69, 9.17) is 0 Å². The van der Waals surface area contributed by atoms with Crippen LogP contribution in [0, 0.1) is 0 Å². The van der Waals surface area contributed by atoms with Crippen LogP contribution < -0.4 is 0 Å². The third kappa shape index (κ3) is 12.9. The Morgan fingerprint density at radius 2 is 1.19 bits per heavy atom. The summed E-state index contributed by atoms with van der Waals surface area (Å²) in [6, 6.07) is 0. The van der Waals surface area contributed by atoms with E-state index >= 15 is 0 Å². The molecule has 0 amide bonds. The van der Waals surface area contributed by atoms with Crippen molar-refractivity contribution in [2.45, 2.75) is 27.7 Å². The Kier molecular flexibility index (Phi) is 18.3. The first-order valence-corrected chi connectivity index (χ1v) is 13.6. The van der Waals surface area contributed by atoms with Crippen LogP contribution in [0.3, 0.4) is 0 Å². The standard InChI is InChI=1S/C29H38P2/c1-8-14-18-19-21-25-30(28(12-5)23-16-10-3)26-31(27(7)22-20-15-9-2)29(13-6)24-17-11-4/h8-25H,3-4,7,26H2,1-2,5-6H3/b14-8-,15-9-,19-18-,22-20-,23-16-,24-17-,25-21+,28-12+,29-13+. The molecule has 0 saturated heterocycles. The van der Waals surface area contributed by atoms with Gasteiger partial charge in [0.25, 0.3) is 0 Å². The number of hydrogen-bond acceptors (Lipinski definition) is 0. The first-order valence-electron chi connectivity index (χ1n) is 10.5. The third-order valence-electron chi connectivity index (χ3n) is 4.07. The minimum absolute atomic E-state index is 0.514. The largest absolute Gasteiger partial charge is 0.0991 e. The van der Waals surface area contributed by atoms with Crippen molar-refractivity contribution in [1.82, 2.24) is 0 Å². The molecule has 0 aliphatic carbocycles. The monoisotopic (exact) mass is 448 g/mol. The average molecular weight is 449 g/mol. The first-order chi connectivity index (χ1) is 15.1. The van der Waals surface area contributed by atoms with Crippen LogP contribution in [-0.2, 0) is 0 Å². The number of rotatable bonds is 14. The van der Waals surface area contributed by atoms with E-state index in [9.17, 15) is 0 Å². The van der Waals surface area contributed by atoms with Crippen molar-refractivity contribution in [1.29, 1.82) is 0 Å². The summed E-state index contributed by atoms with van der Waals surface area (Å²) in [7, 11) is -1.10. The molecule has 164 valence electrons. The maximum atomic E-state index is 4.44. The average Bonchev–Trinajstić information content (AvgIpc) is 2.78. The van der Waals surface area contributed by atoms with Gasteiger partial charge in [-0.2, -0.15) is 0 Å². The fourth-order valence-corrected chi connectivity index (χ4v) is 8.39. The lowest BCUT2D eigenvalue weighted by Crippen LogP contribution is -1.90. The molecule has 0 aromatic carbocycles. The van der Waals surface area contributed by atoms with Crippen molar-refractivity contribution >= 4 is 15.8 Å². The van der Waals surface area contributed by atoms with Crippen molar-refractivity contribution < 1.29 is 0 Å². The smallest absolute Gasteiger partial charge is 0.00346 e. The maximum Gasteiger partial charge on any atom is 0.00346 e. The minimum Gasteiger partial charge on any atom is -0.0991 e. The fraction of sp³-hybridized carbons (Fsp3) is 0.172. The highest BCUT2D eigenvalue weighted by Gasteiger charge is 2.19. The van der Waals surface area contributed by atoms with Crippen LogP contribution in [0.15, 0.2) is 145 Å². The van der Waals surface area contributed by atoms with Gasteiger partial charge in [0, 0.05) is 5.90 Å². The van der Waals surface area contributed by atoms with Crippen molar-refractivity contribution in [3.05, 3.63) is 145 Å². The van der Waals surface area contributed by atoms with Gasteiger partial charge in [-0.1, -0.05) is 129 Å². The van der Waals surface area contributed by atoms with Gasteiger partial charge in [0.15, 0.2) is 0 Å². The van der Waals surface area contributed by atoms with Gasteiger partial charge in [-0.15, -0.1) is 0 Å². The summed E-state index contributed by atoms with van der Waals surface area (Å²) in [5.74, 6) is 3.39. The molecule has 0 rings (SSSR count). The zero-order valence-corrected chi connectivity index (χ0v) is 21.4. The minimum atomic E-state index is -0.583.